The molecule has 3 unspecified atom stereocenters. The van der Waals surface area contributed by atoms with Crippen LogP contribution in [0.2, 0.25) is 0 Å². The summed E-state index contributed by atoms with van der Waals surface area (Å²) in [7, 11) is 4.95. The second-order valence-corrected chi connectivity index (χ2v) is 13.1. The van der Waals surface area contributed by atoms with E-state index in [1.165, 1.54) is 24.3 Å². The van der Waals surface area contributed by atoms with Gasteiger partial charge in [-0.15, -0.1) is 0 Å². The molecule has 252 valence electrons. The van der Waals surface area contributed by atoms with Gasteiger partial charge in [0.25, 0.3) is 5.91 Å². The summed E-state index contributed by atoms with van der Waals surface area (Å²) in [5.74, 6) is 2.11. The summed E-state index contributed by atoms with van der Waals surface area (Å²) in [6.45, 7) is 4.70. The Kier molecular flexibility index (Phi) is 9.90. The van der Waals surface area contributed by atoms with Crippen molar-refractivity contribution in [3.8, 4) is 5.69 Å². The van der Waals surface area contributed by atoms with E-state index in [0.29, 0.717) is 16.5 Å². The van der Waals surface area contributed by atoms with Crippen LogP contribution in [0.15, 0.2) is 54.7 Å². The van der Waals surface area contributed by atoms with Crippen molar-refractivity contribution in [2.45, 2.75) is 58.0 Å². The van der Waals surface area contributed by atoms with Crippen LogP contribution >= 0.6 is 0 Å². The molecule has 1 saturated carbocycles. The molecule has 1 aliphatic rings. The number of aromatic nitrogens is 4. The van der Waals surface area contributed by atoms with Crippen molar-refractivity contribution in [2.24, 2.45) is 17.8 Å². The van der Waals surface area contributed by atoms with Gasteiger partial charge >= 0.3 is 6.18 Å². The minimum Gasteiger partial charge on any atom is -0.593 e. The molecule has 0 aliphatic heterocycles. The molecule has 4 aromatic rings. The molecule has 1 fully saturated rings. The Morgan fingerprint density at radius 1 is 1.06 bits per heavy atom. The summed E-state index contributed by atoms with van der Waals surface area (Å²) in [5, 5.41) is 28.9. The topological polar surface area (TPSA) is 119 Å². The molecule has 2 heterocycles. The molecule has 1 aliphatic carbocycles. The summed E-state index contributed by atoms with van der Waals surface area (Å²) in [4.78, 5) is 23.1. The summed E-state index contributed by atoms with van der Waals surface area (Å²) in [6, 6.07) is 12.9. The average molecular weight is 654 g/mol. The quantitative estimate of drug-likeness (QED) is 0.139. The number of carbonyl (C=O) groups excluding carboxylic acids is 1. The van der Waals surface area contributed by atoms with Gasteiger partial charge in [0.1, 0.15) is 18.7 Å². The number of fused-ring (bicyclic) bond motifs is 1. The molecule has 1 amide bonds. The van der Waals surface area contributed by atoms with Crippen molar-refractivity contribution in [3.05, 3.63) is 77.0 Å². The molecule has 0 spiro atoms. The van der Waals surface area contributed by atoms with Crippen molar-refractivity contribution >= 4 is 28.3 Å². The van der Waals surface area contributed by atoms with E-state index in [0.717, 1.165) is 67.9 Å². The average Bonchev–Trinajstić information content (AvgIpc) is 3.49. The van der Waals surface area contributed by atoms with Crippen molar-refractivity contribution < 1.29 is 23.2 Å². The van der Waals surface area contributed by atoms with Gasteiger partial charge in [-0.25, -0.2) is 19.9 Å². The number of carbonyl (C=O) groups is 1. The zero-order valence-corrected chi connectivity index (χ0v) is 27.3. The first-order chi connectivity index (χ1) is 22.1. The van der Waals surface area contributed by atoms with E-state index in [2.05, 4.69) is 24.3 Å². The predicted octanol–water partition coefficient (Wildman–Crippen LogP) is 7.09. The Morgan fingerprint density at radius 3 is 2.32 bits per heavy atom. The highest BCUT2D eigenvalue weighted by Gasteiger charge is 2.41. The number of quaternary nitrogens is 1. The molecule has 3 atom stereocenters. The number of hydroxylamine groups is 2. The number of para-hydroxylation sites is 1. The normalized spacial score (nSPS) is 19.6. The Hall–Kier alpha value is -4.07. The predicted molar refractivity (Wildman–Crippen MR) is 175 cm³/mol. The van der Waals surface area contributed by atoms with Crippen molar-refractivity contribution in [1.29, 1.82) is 0 Å². The zero-order chi connectivity index (χ0) is 34.1. The number of benzene rings is 2. The van der Waals surface area contributed by atoms with Gasteiger partial charge in [0.05, 0.1) is 23.0 Å². The Bertz CT molecular complexity index is 1690. The zero-order valence-electron chi connectivity index (χ0n) is 27.3. The first-order valence-electron chi connectivity index (χ1n) is 15.9. The molecule has 2 aromatic carbocycles. The fourth-order valence-corrected chi connectivity index (χ4v) is 6.46. The first-order valence-corrected chi connectivity index (χ1v) is 15.9. The number of anilines is 1. The Morgan fingerprint density at radius 2 is 1.70 bits per heavy atom. The highest BCUT2D eigenvalue weighted by molar-refractivity contribution is 5.95. The third-order valence-corrected chi connectivity index (χ3v) is 9.36. The van der Waals surface area contributed by atoms with E-state index in [-0.39, 0.29) is 29.8 Å². The van der Waals surface area contributed by atoms with Crippen molar-refractivity contribution in [2.75, 3.05) is 32.6 Å². The Balaban J connectivity index is 1.17. The summed E-state index contributed by atoms with van der Waals surface area (Å²) in [5.41, 5.74) is -0.907. The molecule has 47 heavy (non-hydrogen) atoms. The number of halogens is 3. The summed E-state index contributed by atoms with van der Waals surface area (Å²) >= 11 is 0. The van der Waals surface area contributed by atoms with Crippen LogP contribution in [0.3, 0.4) is 0 Å². The standard InChI is InChI=1S/C34H42F3N7O3/c1-21(22(2)31-40-29-9-7-6-8-27(29)32(41-31)42(3)4)18-23-10-12-24(13-11-23)19-38-33(45)28-20-39-43(30(28)34(35,36)37)25-14-16-26(17-15-25)44(5,46)47/h6-9,14-17,20-24,46H,10-13,18-19H2,1-5H3,(H,38,45). The SMILES string of the molecule is CC(CC1CCC(CNC(=O)c2cnn(-c3ccc([N+](C)([O-])O)cc3)c2C(F)(F)F)CC1)C(C)c1nc(N(C)C)c2ccccc2n1. The summed E-state index contributed by atoms with van der Waals surface area (Å²) < 4.78 is 43.1. The summed E-state index contributed by atoms with van der Waals surface area (Å²) in [6.07, 6.45) is 0.789. The van der Waals surface area contributed by atoms with Gasteiger partial charge in [0.2, 0.25) is 0 Å². The van der Waals surface area contributed by atoms with Gasteiger partial charge in [0.15, 0.2) is 11.4 Å². The molecule has 0 saturated heterocycles. The van der Waals surface area contributed by atoms with Gasteiger partial charge < -0.3 is 15.4 Å². The lowest BCUT2D eigenvalue weighted by Crippen LogP contribution is -2.33. The van der Waals surface area contributed by atoms with Gasteiger partial charge in [-0.2, -0.15) is 23.1 Å². The van der Waals surface area contributed by atoms with Crippen molar-refractivity contribution in [1.82, 2.24) is 29.9 Å². The van der Waals surface area contributed by atoms with E-state index >= 15 is 0 Å². The third-order valence-electron chi connectivity index (χ3n) is 9.36. The molecule has 13 heteroatoms. The largest absolute Gasteiger partial charge is 0.593 e. The van der Waals surface area contributed by atoms with E-state index in [1.807, 2.05) is 43.3 Å². The number of alkyl halides is 3. The second-order valence-electron chi connectivity index (χ2n) is 13.1. The first kappa shape index (κ1) is 34.3. The molecule has 2 aromatic heterocycles. The maximum Gasteiger partial charge on any atom is 0.434 e. The van der Waals surface area contributed by atoms with Crippen LogP contribution in [0.1, 0.15) is 73.7 Å². The van der Waals surface area contributed by atoms with Crippen LogP contribution in [0.4, 0.5) is 24.7 Å². The Labute approximate surface area is 272 Å². The van der Waals surface area contributed by atoms with E-state index in [4.69, 9.17) is 9.97 Å². The van der Waals surface area contributed by atoms with Gasteiger partial charge in [-0.1, -0.05) is 38.8 Å². The lowest BCUT2D eigenvalue weighted by Gasteiger charge is -2.31. The van der Waals surface area contributed by atoms with E-state index in [1.54, 1.807) is 0 Å². The molecule has 0 bridgehead atoms. The van der Waals surface area contributed by atoms with Gasteiger partial charge in [-0.05, 0) is 61.3 Å². The fourth-order valence-electron chi connectivity index (χ4n) is 6.46. The maximum atomic E-state index is 14.1. The molecule has 0 radical (unpaired) electrons. The minimum absolute atomic E-state index is 0.000706. The third kappa shape index (κ3) is 7.74. The van der Waals surface area contributed by atoms with Crippen LogP contribution in [-0.4, -0.2) is 58.6 Å². The molecule has 5 rings (SSSR count). The van der Waals surface area contributed by atoms with Crippen LogP contribution in [0.25, 0.3) is 16.6 Å². The van der Waals surface area contributed by atoms with Gasteiger partial charge in [-0.3, -0.25) is 4.79 Å². The van der Waals surface area contributed by atoms with E-state index < -0.39 is 28.2 Å². The number of hydrogen-bond acceptors (Lipinski definition) is 7. The molecule has 10 nitrogen and oxygen atoms in total. The highest BCUT2D eigenvalue weighted by Crippen LogP contribution is 2.38. The van der Waals surface area contributed by atoms with Crippen molar-refractivity contribution in [3.63, 3.8) is 0 Å². The smallest absolute Gasteiger partial charge is 0.434 e. The number of nitrogens with one attached hydrogen (secondary N) is 1. The highest BCUT2D eigenvalue weighted by atomic mass is 19.4. The monoisotopic (exact) mass is 653 g/mol. The molecule has 2 N–H and O–H groups in total. The van der Waals surface area contributed by atoms with Crippen LogP contribution < -0.4 is 15.0 Å². The van der Waals surface area contributed by atoms with E-state index in [9.17, 15) is 28.4 Å². The number of rotatable bonds is 10. The lowest BCUT2D eigenvalue weighted by molar-refractivity contribution is -0.143. The lowest BCUT2D eigenvalue weighted by atomic mass is 9.76. The molecular weight excluding hydrogens is 611 g/mol. The van der Waals surface area contributed by atoms with Gasteiger partial charge in [0, 0.05) is 44.1 Å². The maximum absolute atomic E-state index is 14.1. The number of hydrogen-bond donors (Lipinski definition) is 2. The fraction of sp³-hybridized carbons (Fsp3) is 0.471. The number of nitrogens with zero attached hydrogens (tertiary/aromatic N) is 6. The molecular formula is C34H42F3N7O3. The second kappa shape index (κ2) is 13.6. The number of amides is 1. The van der Waals surface area contributed by atoms with Crippen LogP contribution in [0, 0.1) is 23.0 Å². The van der Waals surface area contributed by atoms with Crippen LogP contribution in [0.5, 0.6) is 0 Å². The minimum atomic E-state index is -4.86. The van der Waals surface area contributed by atoms with Crippen LogP contribution in [-0.2, 0) is 6.18 Å².